The van der Waals surface area contributed by atoms with Crippen LogP contribution in [0, 0.1) is 11.7 Å². The summed E-state index contributed by atoms with van der Waals surface area (Å²) in [7, 11) is 1.82. The Morgan fingerprint density at radius 3 is 2.29 bits per heavy atom. The van der Waals surface area contributed by atoms with Gasteiger partial charge in [0, 0.05) is 50.9 Å². The van der Waals surface area contributed by atoms with Gasteiger partial charge in [0.05, 0.1) is 6.10 Å². The van der Waals surface area contributed by atoms with E-state index in [4.69, 9.17) is 4.74 Å². The van der Waals surface area contributed by atoms with Gasteiger partial charge >= 0.3 is 6.09 Å². The van der Waals surface area contributed by atoms with E-state index in [0.717, 1.165) is 43.5 Å². The first-order chi connectivity index (χ1) is 16.8. The van der Waals surface area contributed by atoms with Gasteiger partial charge in [-0.1, -0.05) is 12.1 Å². The van der Waals surface area contributed by atoms with E-state index in [2.05, 4.69) is 4.90 Å². The maximum absolute atomic E-state index is 13.1. The lowest BCUT2D eigenvalue weighted by Crippen LogP contribution is -2.53. The van der Waals surface area contributed by atoms with Crippen LogP contribution in [0.1, 0.15) is 38.2 Å². The first-order valence-corrected chi connectivity index (χ1v) is 12.3. The molecule has 8 heteroatoms. The first-order valence-electron chi connectivity index (χ1n) is 12.3. The summed E-state index contributed by atoms with van der Waals surface area (Å²) in [6.45, 7) is 4.63. The smallest absolute Gasteiger partial charge is 0.407 e. The van der Waals surface area contributed by atoms with Crippen LogP contribution in [0.25, 0.3) is 0 Å². The highest BCUT2D eigenvalue weighted by Crippen LogP contribution is 2.30. The van der Waals surface area contributed by atoms with Crippen molar-refractivity contribution in [2.24, 2.45) is 5.92 Å². The van der Waals surface area contributed by atoms with Crippen molar-refractivity contribution in [3.63, 3.8) is 0 Å². The molecule has 1 atom stereocenters. The van der Waals surface area contributed by atoms with Gasteiger partial charge < -0.3 is 19.6 Å². The topological polar surface area (TPSA) is 73.3 Å². The molecule has 0 aromatic heterocycles. The van der Waals surface area contributed by atoms with E-state index in [0.29, 0.717) is 25.4 Å². The van der Waals surface area contributed by atoms with Gasteiger partial charge in [-0.25, -0.2) is 9.18 Å². The number of anilines is 1. The van der Waals surface area contributed by atoms with Crippen LogP contribution in [-0.4, -0.2) is 65.7 Å². The van der Waals surface area contributed by atoms with Crippen molar-refractivity contribution >= 4 is 17.7 Å². The summed E-state index contributed by atoms with van der Waals surface area (Å²) < 4.78 is 19.0. The number of nitrogens with zero attached hydrogens (tertiary/aromatic N) is 3. The molecule has 188 valence electrons. The summed E-state index contributed by atoms with van der Waals surface area (Å²) >= 11 is 0. The molecule has 4 rings (SSSR count). The fourth-order valence-electron chi connectivity index (χ4n) is 5.08. The predicted molar refractivity (Wildman–Crippen MR) is 132 cm³/mol. The van der Waals surface area contributed by atoms with Crippen molar-refractivity contribution in [3.05, 3.63) is 59.9 Å². The van der Waals surface area contributed by atoms with E-state index in [1.54, 1.807) is 17.0 Å². The average molecular weight is 484 g/mol. The molecule has 1 aliphatic carbocycles. The molecule has 2 aliphatic rings. The number of carbonyl (C=O) groups excluding carboxylic acids is 1. The Hall–Kier alpha value is -3.13. The molecular weight excluding hydrogens is 449 g/mol. The van der Waals surface area contributed by atoms with Crippen molar-refractivity contribution in [2.45, 2.75) is 51.3 Å². The van der Waals surface area contributed by atoms with Gasteiger partial charge in [-0.15, -0.1) is 0 Å². The molecule has 0 spiro atoms. The lowest BCUT2D eigenvalue weighted by molar-refractivity contribution is -0.123. The Bertz CT molecular complexity index is 1010. The van der Waals surface area contributed by atoms with Crippen molar-refractivity contribution < 1.29 is 23.8 Å². The zero-order valence-electron chi connectivity index (χ0n) is 20.4. The Morgan fingerprint density at radius 2 is 1.69 bits per heavy atom. The normalized spacial score (nSPS) is 23.1. The molecule has 2 aromatic rings. The third-order valence-corrected chi connectivity index (χ3v) is 7.16. The van der Waals surface area contributed by atoms with Crippen molar-refractivity contribution in [3.8, 4) is 5.75 Å². The summed E-state index contributed by atoms with van der Waals surface area (Å²) in [5.74, 6) is 0.476. The molecule has 2 fully saturated rings. The Labute approximate surface area is 206 Å². The lowest BCUT2D eigenvalue weighted by Gasteiger charge is -2.38. The second-order valence-electron chi connectivity index (χ2n) is 9.67. The van der Waals surface area contributed by atoms with E-state index in [-0.39, 0.29) is 29.8 Å². The Kier molecular flexibility index (Phi) is 7.90. The van der Waals surface area contributed by atoms with Gasteiger partial charge in [0.1, 0.15) is 11.6 Å². The SMILES string of the molecule is C[C@H]1CN(Cc2ccc(N(C)C(=O)C3CCC(Oc4ccc(F)cc4)CC3)cc2)CCN1C(=O)O. The number of benzene rings is 2. The lowest BCUT2D eigenvalue weighted by atomic mass is 9.86. The van der Waals surface area contributed by atoms with E-state index >= 15 is 0 Å². The minimum absolute atomic E-state index is 0.0274. The maximum atomic E-state index is 13.1. The van der Waals surface area contributed by atoms with Gasteiger partial charge in [-0.05, 0) is 74.6 Å². The van der Waals surface area contributed by atoms with Crippen LogP contribution in [0.4, 0.5) is 14.9 Å². The largest absolute Gasteiger partial charge is 0.490 e. The quantitative estimate of drug-likeness (QED) is 0.650. The van der Waals surface area contributed by atoms with E-state index in [1.807, 2.05) is 38.2 Å². The van der Waals surface area contributed by atoms with Crippen LogP contribution >= 0.6 is 0 Å². The van der Waals surface area contributed by atoms with E-state index in [1.165, 1.54) is 17.0 Å². The first kappa shape index (κ1) is 25.0. The molecule has 1 saturated carbocycles. The van der Waals surface area contributed by atoms with Gasteiger partial charge in [0.2, 0.25) is 5.91 Å². The number of hydrogen-bond acceptors (Lipinski definition) is 4. The molecule has 0 bridgehead atoms. The number of amides is 2. The molecule has 1 saturated heterocycles. The van der Waals surface area contributed by atoms with Gasteiger partial charge in [0.25, 0.3) is 0 Å². The highest BCUT2D eigenvalue weighted by molar-refractivity contribution is 5.94. The van der Waals surface area contributed by atoms with E-state index < -0.39 is 6.09 Å². The molecule has 1 aliphatic heterocycles. The van der Waals surface area contributed by atoms with Crippen LogP contribution in [0.2, 0.25) is 0 Å². The molecule has 0 radical (unpaired) electrons. The monoisotopic (exact) mass is 483 g/mol. The highest BCUT2D eigenvalue weighted by atomic mass is 19.1. The van der Waals surface area contributed by atoms with Gasteiger partial charge in [0.15, 0.2) is 0 Å². The molecule has 7 nitrogen and oxygen atoms in total. The molecule has 35 heavy (non-hydrogen) atoms. The van der Waals surface area contributed by atoms with Crippen molar-refractivity contribution in [1.29, 1.82) is 0 Å². The fourth-order valence-corrected chi connectivity index (χ4v) is 5.08. The average Bonchev–Trinajstić information content (AvgIpc) is 2.85. The molecule has 2 amide bonds. The predicted octanol–water partition coefficient (Wildman–Crippen LogP) is 4.61. The van der Waals surface area contributed by atoms with Crippen molar-refractivity contribution in [2.75, 3.05) is 31.6 Å². The van der Waals surface area contributed by atoms with Crippen LogP contribution in [0.5, 0.6) is 5.75 Å². The Morgan fingerprint density at radius 1 is 1.03 bits per heavy atom. The van der Waals surface area contributed by atoms with Crippen LogP contribution in [0.3, 0.4) is 0 Å². The summed E-state index contributed by atoms with van der Waals surface area (Å²) in [5, 5.41) is 9.24. The molecule has 0 unspecified atom stereocenters. The number of rotatable bonds is 6. The van der Waals surface area contributed by atoms with E-state index in [9.17, 15) is 19.1 Å². The molecule has 2 aromatic carbocycles. The number of ether oxygens (including phenoxy) is 1. The number of carboxylic acid groups (broad SMARTS) is 1. The molecule has 1 N–H and O–H groups in total. The maximum Gasteiger partial charge on any atom is 0.407 e. The minimum Gasteiger partial charge on any atom is -0.490 e. The van der Waals surface area contributed by atoms with Gasteiger partial charge in [-0.2, -0.15) is 0 Å². The van der Waals surface area contributed by atoms with Crippen molar-refractivity contribution in [1.82, 2.24) is 9.80 Å². The summed E-state index contributed by atoms with van der Waals surface area (Å²) in [4.78, 5) is 29.9. The third kappa shape index (κ3) is 6.31. The molecular formula is C27H34FN3O4. The van der Waals surface area contributed by atoms with Crippen LogP contribution in [0.15, 0.2) is 48.5 Å². The summed E-state index contributed by atoms with van der Waals surface area (Å²) in [6, 6.07) is 14.1. The zero-order chi connectivity index (χ0) is 24.9. The Balaban J connectivity index is 1.25. The van der Waals surface area contributed by atoms with Gasteiger partial charge in [-0.3, -0.25) is 9.69 Å². The number of hydrogen-bond donors (Lipinski definition) is 1. The fraction of sp³-hybridized carbons (Fsp3) is 0.481. The van der Waals surface area contributed by atoms with Crippen LogP contribution < -0.4 is 9.64 Å². The summed E-state index contributed by atoms with van der Waals surface area (Å²) in [5.41, 5.74) is 2.01. The minimum atomic E-state index is -0.858. The second-order valence-corrected chi connectivity index (χ2v) is 9.67. The van der Waals surface area contributed by atoms with Crippen LogP contribution in [-0.2, 0) is 11.3 Å². The summed E-state index contributed by atoms with van der Waals surface area (Å²) in [6.07, 6.45) is 2.33. The third-order valence-electron chi connectivity index (χ3n) is 7.16. The number of halogens is 1. The standard InChI is InChI=1S/C27H34FN3O4/c1-19-17-30(15-16-31(19)27(33)34)18-20-3-9-23(10-4-20)29(2)26(32)21-5-11-24(12-6-21)35-25-13-7-22(28)8-14-25/h3-4,7-10,13-14,19,21,24H,5-6,11-12,15-18H2,1-2H3,(H,33,34)/t19-,21?,24?/m0/s1. The number of piperazine rings is 1. The zero-order valence-corrected chi connectivity index (χ0v) is 20.4. The second kappa shape index (κ2) is 11.1. The number of carbonyl (C=O) groups is 2. The highest BCUT2D eigenvalue weighted by Gasteiger charge is 2.30. The molecule has 1 heterocycles.